The number of aromatic nitrogens is 2. The van der Waals surface area contributed by atoms with Gasteiger partial charge in [-0.2, -0.15) is 9.78 Å². The van der Waals surface area contributed by atoms with Crippen LogP contribution in [0.4, 0.5) is 11.4 Å². The van der Waals surface area contributed by atoms with Crippen LogP contribution >= 0.6 is 0 Å². The van der Waals surface area contributed by atoms with E-state index in [2.05, 4.69) is 19.5 Å². The largest absolute Gasteiger partial charge is 1.00 e. The van der Waals surface area contributed by atoms with Gasteiger partial charge >= 0.3 is 88.7 Å². The van der Waals surface area contributed by atoms with Crippen molar-refractivity contribution in [3.63, 3.8) is 0 Å². The average molecular weight is 722 g/mol. The van der Waals surface area contributed by atoms with E-state index in [9.17, 15) is 54.5 Å². The molecule has 3 aromatic rings. The number of azo groups is 1. The van der Waals surface area contributed by atoms with Gasteiger partial charge in [-0.05, 0) is 36.4 Å². The maximum Gasteiger partial charge on any atom is 1.00 e. The second kappa shape index (κ2) is 17.3. The van der Waals surface area contributed by atoms with Crippen LogP contribution in [0.25, 0.3) is 5.69 Å². The number of sulfone groups is 1. The molecular weight excluding hydrogens is 709 g/mol. The summed E-state index contributed by atoms with van der Waals surface area (Å²) in [5.41, 5.74) is -2.15. The third-order valence-corrected chi connectivity index (χ3v) is 7.52. The first-order chi connectivity index (χ1) is 17.5. The van der Waals surface area contributed by atoms with Crippen LogP contribution in [0.3, 0.4) is 0 Å². The summed E-state index contributed by atoms with van der Waals surface area (Å²) < 4.78 is 93.4. The van der Waals surface area contributed by atoms with Crippen molar-refractivity contribution in [2.45, 2.75) is 9.79 Å². The van der Waals surface area contributed by atoms with Crippen LogP contribution in [-0.4, -0.2) is 72.7 Å². The van der Waals surface area contributed by atoms with Gasteiger partial charge in [-0.3, -0.25) is 4.18 Å². The Labute approximate surface area is 315 Å². The number of carbonyl (C=O) groups excluding carboxylic acids is 1. The van der Waals surface area contributed by atoms with Crippen molar-refractivity contribution in [2.75, 3.05) is 12.4 Å². The maximum absolute atomic E-state index is 12.2. The van der Waals surface area contributed by atoms with E-state index in [1.165, 1.54) is 0 Å². The maximum atomic E-state index is 12.2. The fraction of sp³-hybridized carbons (Fsp3) is 0.111. The van der Waals surface area contributed by atoms with E-state index in [0.29, 0.717) is 10.7 Å². The number of aromatic carboxylic acids is 1. The van der Waals surface area contributed by atoms with Gasteiger partial charge in [0.25, 0.3) is 0 Å². The second-order valence-corrected chi connectivity index (χ2v) is 11.6. The zero-order valence-corrected chi connectivity index (χ0v) is 31.0. The van der Waals surface area contributed by atoms with Crippen LogP contribution in [0, 0.1) is 0 Å². The Balaban J connectivity index is 0. The molecule has 215 valence electrons. The number of carboxylic acid groups (broad SMARTS) is 1. The van der Waals surface area contributed by atoms with Crippen LogP contribution in [0.1, 0.15) is 10.5 Å². The Morgan fingerprint density at radius 3 is 1.93 bits per heavy atom. The predicted octanol–water partition coefficient (Wildman–Crippen LogP) is -9.77. The number of benzene rings is 2. The molecule has 0 aliphatic heterocycles. The zero-order chi connectivity index (χ0) is 28.5. The minimum Gasteiger partial charge on any atom is -0.744 e. The molecule has 0 fully saturated rings. The van der Waals surface area contributed by atoms with Gasteiger partial charge in [0.1, 0.15) is 27.2 Å². The Kier molecular flexibility index (Phi) is 18.0. The summed E-state index contributed by atoms with van der Waals surface area (Å²) in [6.07, 6.45) is 0. The summed E-state index contributed by atoms with van der Waals surface area (Å²) in [6.45, 7) is -0.971. The molecule has 1 aromatic heterocycles. The van der Waals surface area contributed by atoms with Gasteiger partial charge in [-0.1, -0.05) is 0 Å². The Bertz CT molecular complexity index is 1770. The van der Waals surface area contributed by atoms with E-state index in [-0.39, 0.29) is 111 Å². The summed E-state index contributed by atoms with van der Waals surface area (Å²) in [4.78, 5) is 10.4. The molecule has 2 N–H and O–H groups in total. The number of carbonyl (C=O) groups is 1. The van der Waals surface area contributed by atoms with Crippen molar-refractivity contribution in [3.05, 3.63) is 48.2 Å². The molecule has 1 heterocycles. The molecule has 17 nitrogen and oxygen atoms in total. The molecule has 0 saturated carbocycles. The van der Waals surface area contributed by atoms with Gasteiger partial charge in [-0.25, -0.2) is 25.3 Å². The molecule has 24 heteroatoms. The molecular formula is C18H13CuN4Na3O13S3. The van der Waals surface area contributed by atoms with Gasteiger partial charge in [0.2, 0.25) is 16.3 Å². The third kappa shape index (κ3) is 11.5. The number of nitrogens with zero attached hydrogens (tertiary/aromatic N) is 4. The molecule has 0 unspecified atom stereocenters. The van der Waals surface area contributed by atoms with Gasteiger partial charge in [0.15, 0.2) is 15.5 Å². The Morgan fingerprint density at radius 2 is 1.45 bits per heavy atom. The minimum absolute atomic E-state index is 0. The summed E-state index contributed by atoms with van der Waals surface area (Å²) in [5.74, 6) is -4.50. The van der Waals surface area contributed by atoms with Crippen molar-refractivity contribution in [3.8, 4) is 17.3 Å². The quantitative estimate of drug-likeness (QED) is 0.0851. The number of aromatic hydroxyl groups is 2. The number of hydrogen-bond acceptors (Lipinski definition) is 16. The van der Waals surface area contributed by atoms with Crippen LogP contribution in [0.5, 0.6) is 11.6 Å². The van der Waals surface area contributed by atoms with E-state index < -0.39 is 87.2 Å². The fourth-order valence-electron chi connectivity index (χ4n) is 2.81. The van der Waals surface area contributed by atoms with E-state index in [4.69, 9.17) is 0 Å². The van der Waals surface area contributed by atoms with Gasteiger partial charge in [-0.15, -0.1) is 10.2 Å². The van der Waals surface area contributed by atoms with E-state index in [0.717, 1.165) is 36.4 Å². The number of phenols is 1. The number of hydrogen-bond donors (Lipinski definition) is 2. The molecule has 0 bridgehead atoms. The normalized spacial score (nSPS) is 11.5. The molecule has 2 aromatic carbocycles. The van der Waals surface area contributed by atoms with E-state index >= 15 is 0 Å². The summed E-state index contributed by atoms with van der Waals surface area (Å²) in [6, 6.07) is 6.45. The monoisotopic (exact) mass is 721 g/mol. The summed E-state index contributed by atoms with van der Waals surface area (Å²) >= 11 is 0. The Hall–Kier alpha value is -0.431. The molecule has 0 saturated heterocycles. The van der Waals surface area contributed by atoms with E-state index in [1.54, 1.807) is 0 Å². The standard InChI is InChI=1S/C18H16N4O13S3.Cu.3Na/c23-14-9-12(36(27,28)8-7-35-38(32,33)34)5-6-13(14)19-20-15-16(18(25)26)21-22(17(15)24)10-1-3-11(4-2-10)37(29,30)31;;;;/h1-6,9,23-24H,7-8H2,(H,25,26)(H,29,30,31)(H,32,33,34);;;;/q;;3*+1/p-3. The molecule has 0 aliphatic carbocycles. The smallest absolute Gasteiger partial charge is 0.744 e. The van der Waals surface area contributed by atoms with Gasteiger partial charge in [0, 0.05) is 23.1 Å². The first-order valence-corrected chi connectivity index (χ1v) is 14.1. The number of carboxylic acids is 1. The van der Waals surface area contributed by atoms with Crippen LogP contribution in [0.15, 0.2) is 62.5 Å². The molecule has 3 rings (SSSR count). The SMILES string of the molecule is O=C([O-])c1nn(-c2ccc(S(=O)(=O)[O-])cc2)c(O)c1N=Nc1ccc(S(=O)(=O)CCOS(=O)(=O)[O-])cc1O.[Cu].[Na+].[Na+].[Na+]. The molecule has 0 atom stereocenters. The number of phenolic OH excluding ortho intramolecular Hbond substituents is 1. The molecule has 1 radical (unpaired) electrons. The summed E-state index contributed by atoms with van der Waals surface area (Å²) in [7, 11) is -14.1. The minimum atomic E-state index is -5.12. The van der Waals surface area contributed by atoms with Crippen LogP contribution < -0.4 is 93.8 Å². The van der Waals surface area contributed by atoms with Gasteiger partial charge < -0.3 is 29.2 Å². The topological polar surface area (TPSA) is 281 Å². The predicted molar refractivity (Wildman–Crippen MR) is 118 cm³/mol. The van der Waals surface area contributed by atoms with Crippen LogP contribution in [-0.2, 0) is 51.6 Å². The first kappa shape index (κ1) is 43.7. The van der Waals surface area contributed by atoms with Crippen molar-refractivity contribution in [2.24, 2.45) is 10.2 Å². The average Bonchev–Trinajstić information content (AvgIpc) is 3.13. The van der Waals surface area contributed by atoms with Crippen molar-refractivity contribution < 1.29 is 164 Å². The third-order valence-electron chi connectivity index (χ3n) is 4.54. The molecule has 0 spiro atoms. The van der Waals surface area contributed by atoms with Crippen LogP contribution in [0.2, 0.25) is 0 Å². The van der Waals surface area contributed by atoms with Crippen molar-refractivity contribution in [1.82, 2.24) is 9.78 Å². The molecule has 0 aliphatic rings. The first-order valence-electron chi connectivity index (χ1n) is 9.67. The zero-order valence-electron chi connectivity index (χ0n) is 21.7. The summed E-state index contributed by atoms with van der Waals surface area (Å²) in [5, 5.41) is 42.7. The van der Waals surface area contributed by atoms with E-state index in [1.807, 2.05) is 0 Å². The molecule has 42 heavy (non-hydrogen) atoms. The Morgan fingerprint density at radius 1 is 0.905 bits per heavy atom. The second-order valence-electron chi connectivity index (χ2n) is 7.07. The number of rotatable bonds is 10. The van der Waals surface area contributed by atoms with Crippen molar-refractivity contribution >= 4 is 47.7 Å². The van der Waals surface area contributed by atoms with Crippen molar-refractivity contribution in [1.29, 1.82) is 0 Å². The molecule has 0 amide bonds. The fourth-order valence-corrected chi connectivity index (χ4v) is 4.78. The van der Waals surface area contributed by atoms with Gasteiger partial charge in [0.05, 0.1) is 33.8 Å².